The van der Waals surface area contributed by atoms with Crippen LogP contribution in [0, 0.1) is 0 Å². The molecule has 3 nitrogen and oxygen atoms in total. The fourth-order valence-corrected chi connectivity index (χ4v) is 1.61. The van der Waals surface area contributed by atoms with E-state index in [9.17, 15) is 4.79 Å². The topological polar surface area (TPSA) is 35.5 Å². The van der Waals surface area contributed by atoms with Gasteiger partial charge in [0.15, 0.2) is 12.1 Å². The molecule has 0 unspecified atom stereocenters. The summed E-state index contributed by atoms with van der Waals surface area (Å²) in [5.41, 5.74) is 1.65. The summed E-state index contributed by atoms with van der Waals surface area (Å²) in [6.07, 6.45) is 0.227. The lowest BCUT2D eigenvalue weighted by molar-refractivity contribution is -0.0441. The number of hydrogen-bond donors (Lipinski definition) is 0. The lowest BCUT2D eigenvalue weighted by Gasteiger charge is -2.10. The van der Waals surface area contributed by atoms with Crippen molar-refractivity contribution in [3.63, 3.8) is 0 Å². The molecule has 3 heteroatoms. The Morgan fingerprint density at radius 3 is 2.80 bits per heavy atom. The summed E-state index contributed by atoms with van der Waals surface area (Å²) in [4.78, 5) is 11.5. The van der Waals surface area contributed by atoms with Gasteiger partial charge >= 0.3 is 0 Å². The standard InChI is InChI=1S/C12H14O3/c1-2-11(13)9-4-3-5-10(8-9)12-14-6-7-15-12/h3-5,8,12H,2,6-7H2,1H3. The van der Waals surface area contributed by atoms with E-state index in [1.54, 1.807) is 0 Å². The molecule has 0 radical (unpaired) electrons. The van der Waals surface area contributed by atoms with E-state index >= 15 is 0 Å². The minimum Gasteiger partial charge on any atom is -0.346 e. The maximum Gasteiger partial charge on any atom is 0.184 e. The zero-order valence-electron chi connectivity index (χ0n) is 8.73. The van der Waals surface area contributed by atoms with Gasteiger partial charge in [-0.1, -0.05) is 25.1 Å². The zero-order chi connectivity index (χ0) is 10.7. The third-order valence-electron chi connectivity index (χ3n) is 2.42. The molecule has 0 N–H and O–H groups in total. The molecule has 0 spiro atoms. The van der Waals surface area contributed by atoms with Gasteiger partial charge in [0.2, 0.25) is 0 Å². The highest BCUT2D eigenvalue weighted by atomic mass is 16.7. The van der Waals surface area contributed by atoms with Crippen LogP contribution in [0.1, 0.15) is 35.6 Å². The molecule has 1 aromatic carbocycles. The third kappa shape index (κ3) is 2.25. The predicted molar refractivity (Wildman–Crippen MR) is 55.7 cm³/mol. The Balaban J connectivity index is 2.21. The quantitative estimate of drug-likeness (QED) is 0.712. The molecule has 0 saturated carbocycles. The zero-order valence-corrected chi connectivity index (χ0v) is 8.73. The SMILES string of the molecule is CCC(=O)c1cccc(C2OCCO2)c1. The van der Waals surface area contributed by atoms with Crippen LogP contribution in [0.2, 0.25) is 0 Å². The molecular formula is C12H14O3. The predicted octanol–water partition coefficient (Wildman–Crippen LogP) is 2.32. The Kier molecular flexibility index (Phi) is 3.14. The summed E-state index contributed by atoms with van der Waals surface area (Å²) in [7, 11) is 0. The van der Waals surface area contributed by atoms with Crippen molar-refractivity contribution < 1.29 is 14.3 Å². The number of benzene rings is 1. The van der Waals surface area contributed by atoms with Gasteiger partial charge < -0.3 is 9.47 Å². The summed E-state index contributed by atoms with van der Waals surface area (Å²) in [5, 5.41) is 0. The van der Waals surface area contributed by atoms with Crippen molar-refractivity contribution in [2.45, 2.75) is 19.6 Å². The molecule has 1 aliphatic heterocycles. The number of carbonyl (C=O) groups is 1. The van der Waals surface area contributed by atoms with Crippen molar-refractivity contribution in [3.8, 4) is 0 Å². The monoisotopic (exact) mass is 206 g/mol. The molecule has 1 aliphatic rings. The van der Waals surface area contributed by atoms with Gasteiger partial charge in [-0.3, -0.25) is 4.79 Å². The fraction of sp³-hybridized carbons (Fsp3) is 0.417. The molecule has 0 aliphatic carbocycles. The molecule has 80 valence electrons. The number of Topliss-reactive ketones (excluding diaryl/α,β-unsaturated/α-hetero) is 1. The number of hydrogen-bond acceptors (Lipinski definition) is 3. The molecule has 0 atom stereocenters. The normalized spacial score (nSPS) is 16.9. The van der Waals surface area contributed by atoms with Crippen LogP contribution < -0.4 is 0 Å². The molecule has 0 aromatic heterocycles. The van der Waals surface area contributed by atoms with Gasteiger partial charge in [0, 0.05) is 17.5 Å². The van der Waals surface area contributed by atoms with Crippen LogP contribution in [-0.4, -0.2) is 19.0 Å². The summed E-state index contributed by atoms with van der Waals surface area (Å²) in [5.74, 6) is 0.148. The Labute approximate surface area is 89.0 Å². The molecule has 0 amide bonds. The van der Waals surface area contributed by atoms with Crippen molar-refractivity contribution in [1.29, 1.82) is 0 Å². The summed E-state index contributed by atoms with van der Waals surface area (Å²) in [6, 6.07) is 7.46. The van der Waals surface area contributed by atoms with Gasteiger partial charge in [0.25, 0.3) is 0 Å². The minimum absolute atomic E-state index is 0.148. The second-order valence-electron chi connectivity index (χ2n) is 3.48. The van der Waals surface area contributed by atoms with E-state index in [0.717, 1.165) is 11.1 Å². The summed E-state index contributed by atoms with van der Waals surface area (Å²) < 4.78 is 10.7. The minimum atomic E-state index is -0.297. The Hall–Kier alpha value is -1.19. The van der Waals surface area contributed by atoms with Crippen molar-refractivity contribution in [3.05, 3.63) is 35.4 Å². The first kappa shape index (κ1) is 10.3. The smallest absolute Gasteiger partial charge is 0.184 e. The van der Waals surface area contributed by atoms with Gasteiger partial charge in [-0.05, 0) is 6.07 Å². The second-order valence-corrected chi connectivity index (χ2v) is 3.48. The number of ether oxygens (including phenoxy) is 2. The van der Waals surface area contributed by atoms with E-state index < -0.39 is 0 Å². The van der Waals surface area contributed by atoms with Crippen molar-refractivity contribution in [2.75, 3.05) is 13.2 Å². The van der Waals surface area contributed by atoms with Gasteiger partial charge in [-0.25, -0.2) is 0 Å². The molecular weight excluding hydrogens is 192 g/mol. The lowest BCUT2D eigenvalue weighted by atomic mass is 10.1. The maximum atomic E-state index is 11.5. The highest BCUT2D eigenvalue weighted by Crippen LogP contribution is 2.24. The van der Waals surface area contributed by atoms with Crippen LogP contribution in [0.15, 0.2) is 24.3 Å². The lowest BCUT2D eigenvalue weighted by Crippen LogP contribution is -2.02. The average molecular weight is 206 g/mol. The highest BCUT2D eigenvalue weighted by Gasteiger charge is 2.18. The molecule has 1 heterocycles. The Morgan fingerprint density at radius 2 is 2.13 bits per heavy atom. The van der Waals surface area contributed by atoms with Crippen LogP contribution in [0.4, 0.5) is 0 Å². The molecule has 1 fully saturated rings. The fourth-order valence-electron chi connectivity index (χ4n) is 1.61. The molecule has 0 bridgehead atoms. The molecule has 2 rings (SSSR count). The average Bonchev–Trinajstić information content (AvgIpc) is 2.82. The maximum absolute atomic E-state index is 11.5. The molecule has 15 heavy (non-hydrogen) atoms. The largest absolute Gasteiger partial charge is 0.346 e. The first-order chi connectivity index (χ1) is 7.31. The van der Waals surface area contributed by atoms with E-state index in [0.29, 0.717) is 19.6 Å². The Bertz CT molecular complexity index is 354. The van der Waals surface area contributed by atoms with E-state index in [1.807, 2.05) is 31.2 Å². The van der Waals surface area contributed by atoms with E-state index in [4.69, 9.17) is 9.47 Å². The number of ketones is 1. The highest BCUT2D eigenvalue weighted by molar-refractivity contribution is 5.95. The van der Waals surface area contributed by atoms with Crippen LogP contribution in [0.25, 0.3) is 0 Å². The van der Waals surface area contributed by atoms with Crippen LogP contribution in [0.3, 0.4) is 0 Å². The number of carbonyl (C=O) groups excluding carboxylic acids is 1. The summed E-state index contributed by atoms with van der Waals surface area (Å²) >= 11 is 0. The Morgan fingerprint density at radius 1 is 1.40 bits per heavy atom. The molecule has 1 saturated heterocycles. The van der Waals surface area contributed by atoms with Gasteiger partial charge in [0.1, 0.15) is 0 Å². The third-order valence-corrected chi connectivity index (χ3v) is 2.42. The van der Waals surface area contributed by atoms with E-state index in [1.165, 1.54) is 0 Å². The van der Waals surface area contributed by atoms with Crippen LogP contribution in [0.5, 0.6) is 0 Å². The van der Waals surface area contributed by atoms with Gasteiger partial charge in [-0.15, -0.1) is 0 Å². The molecule has 1 aromatic rings. The van der Waals surface area contributed by atoms with Crippen molar-refractivity contribution in [1.82, 2.24) is 0 Å². The van der Waals surface area contributed by atoms with Crippen molar-refractivity contribution >= 4 is 5.78 Å². The first-order valence-corrected chi connectivity index (χ1v) is 5.17. The van der Waals surface area contributed by atoms with E-state index in [-0.39, 0.29) is 12.1 Å². The van der Waals surface area contributed by atoms with Crippen molar-refractivity contribution in [2.24, 2.45) is 0 Å². The van der Waals surface area contributed by atoms with E-state index in [2.05, 4.69) is 0 Å². The van der Waals surface area contributed by atoms with Gasteiger partial charge in [0.05, 0.1) is 13.2 Å². The van der Waals surface area contributed by atoms with Crippen LogP contribution >= 0.6 is 0 Å². The second kappa shape index (κ2) is 4.55. The summed E-state index contributed by atoms with van der Waals surface area (Å²) in [6.45, 7) is 3.10. The number of rotatable bonds is 3. The first-order valence-electron chi connectivity index (χ1n) is 5.17. The van der Waals surface area contributed by atoms with Crippen LogP contribution in [-0.2, 0) is 9.47 Å². The van der Waals surface area contributed by atoms with Gasteiger partial charge in [-0.2, -0.15) is 0 Å².